The van der Waals surface area contributed by atoms with Crippen LogP contribution in [-0.2, 0) is 18.6 Å². The molecule has 3 unspecified atom stereocenters. The van der Waals surface area contributed by atoms with Crippen molar-refractivity contribution in [1.29, 1.82) is 0 Å². The highest BCUT2D eigenvalue weighted by atomic mass is 16.7. The average Bonchev–Trinajstić information content (AvgIpc) is 2.72. The van der Waals surface area contributed by atoms with E-state index in [1.807, 2.05) is 0 Å². The van der Waals surface area contributed by atoms with Crippen molar-refractivity contribution in [2.45, 2.75) is 84.7 Å². The van der Waals surface area contributed by atoms with Gasteiger partial charge in [0, 0.05) is 5.41 Å². The van der Waals surface area contributed by atoms with E-state index in [9.17, 15) is 0 Å². The van der Waals surface area contributed by atoms with Crippen molar-refractivity contribution in [3.05, 3.63) is 0 Å². The van der Waals surface area contributed by atoms with E-state index in [1.54, 1.807) is 0 Å². The average molecular weight is 294 g/mol. The van der Waals surface area contributed by atoms with E-state index in [0.29, 0.717) is 0 Å². The van der Waals surface area contributed by atoms with Crippen molar-refractivity contribution in [3.8, 4) is 0 Å². The number of hydrogen-bond acceptors (Lipinski definition) is 4. The Hall–Kier alpha value is -0.0301. The first kappa shape index (κ1) is 15.8. The van der Waals surface area contributed by atoms with Crippen molar-refractivity contribution in [2.75, 3.05) is 0 Å². The lowest BCUT2D eigenvalue weighted by molar-refractivity contribution is -0.168. The van der Waals surface area contributed by atoms with Gasteiger partial charge in [0.1, 0.15) is 0 Å². The second-order valence-corrected chi connectivity index (χ2v) is 8.81. The molecule has 0 aliphatic carbocycles. The summed E-state index contributed by atoms with van der Waals surface area (Å²) in [5.41, 5.74) is -1.71. The van der Waals surface area contributed by atoms with Gasteiger partial charge in [-0.15, -0.1) is 0 Å². The minimum absolute atomic E-state index is 0.143. The minimum atomic E-state index is -0.474. The highest BCUT2D eigenvalue weighted by Gasteiger charge is 2.74. The van der Waals surface area contributed by atoms with Crippen LogP contribution in [0.1, 0.15) is 62.3 Å². The van der Waals surface area contributed by atoms with Gasteiger partial charge in [-0.05, 0) is 47.5 Å². The fourth-order valence-corrected chi connectivity index (χ4v) is 4.49. The molecular formula is C15H28B2O4. The van der Waals surface area contributed by atoms with E-state index in [4.69, 9.17) is 18.6 Å². The third-order valence-corrected chi connectivity index (χ3v) is 7.24. The Labute approximate surface area is 129 Å². The fourth-order valence-electron chi connectivity index (χ4n) is 4.49. The Balaban J connectivity index is 2.19. The van der Waals surface area contributed by atoms with E-state index >= 15 is 0 Å². The van der Waals surface area contributed by atoms with E-state index in [1.165, 1.54) is 0 Å². The van der Waals surface area contributed by atoms with Gasteiger partial charge < -0.3 is 18.6 Å². The quantitative estimate of drug-likeness (QED) is 0.644. The Bertz CT molecular complexity index is 478. The number of hydrogen-bond donors (Lipinski definition) is 0. The molecular weight excluding hydrogens is 266 g/mol. The molecule has 3 saturated heterocycles. The monoisotopic (exact) mass is 294 g/mol. The van der Waals surface area contributed by atoms with Crippen LogP contribution in [0.25, 0.3) is 0 Å². The summed E-state index contributed by atoms with van der Waals surface area (Å²) in [7, 11) is -0.942. The molecule has 0 saturated carbocycles. The van der Waals surface area contributed by atoms with Gasteiger partial charge in [0.2, 0.25) is 0 Å². The van der Waals surface area contributed by atoms with Crippen LogP contribution in [-0.4, -0.2) is 36.4 Å². The second-order valence-electron chi connectivity index (χ2n) is 8.81. The van der Waals surface area contributed by atoms with Crippen molar-refractivity contribution < 1.29 is 18.6 Å². The summed E-state index contributed by atoms with van der Waals surface area (Å²) in [6.45, 7) is 19.5. The SMILES string of the molecule is CC1C(C)(C)C2(C)OB(OC2(C)C)B2OC(C)(C)C1(C)O2. The molecule has 3 atom stereocenters. The van der Waals surface area contributed by atoms with Crippen LogP contribution >= 0.6 is 0 Å². The molecule has 6 heteroatoms. The Morgan fingerprint density at radius 1 is 0.667 bits per heavy atom. The molecule has 21 heavy (non-hydrogen) atoms. The Morgan fingerprint density at radius 3 is 1.71 bits per heavy atom. The first-order chi connectivity index (χ1) is 9.29. The summed E-state index contributed by atoms with van der Waals surface area (Å²) < 4.78 is 25.1. The Kier molecular flexibility index (Phi) is 2.94. The van der Waals surface area contributed by atoms with Crippen molar-refractivity contribution in [1.82, 2.24) is 0 Å². The molecule has 3 aliphatic heterocycles. The van der Waals surface area contributed by atoms with Gasteiger partial charge in [0.25, 0.3) is 0 Å². The number of fused-ring (bicyclic) bond motifs is 5. The van der Waals surface area contributed by atoms with Crippen LogP contribution in [0, 0.1) is 11.3 Å². The first-order valence-corrected chi connectivity index (χ1v) is 8.00. The molecule has 4 bridgehead atoms. The fraction of sp³-hybridized carbons (Fsp3) is 1.00. The largest absolute Gasteiger partial charge is 0.489 e. The Morgan fingerprint density at radius 2 is 1.14 bits per heavy atom. The lowest BCUT2D eigenvalue weighted by atomic mass is 9.48. The van der Waals surface area contributed by atoms with Crippen LogP contribution < -0.4 is 0 Å². The van der Waals surface area contributed by atoms with E-state index in [0.717, 1.165) is 0 Å². The third-order valence-electron chi connectivity index (χ3n) is 7.24. The minimum Gasteiger partial charge on any atom is -0.405 e. The highest BCUT2D eigenvalue weighted by molar-refractivity contribution is 7.11. The summed E-state index contributed by atoms with van der Waals surface area (Å²) in [5, 5.41) is 0. The second kappa shape index (κ2) is 3.89. The maximum atomic E-state index is 6.39. The zero-order chi connectivity index (χ0) is 16.1. The predicted octanol–water partition coefficient (Wildman–Crippen LogP) is 2.89. The van der Waals surface area contributed by atoms with Crippen LogP contribution in [0.2, 0.25) is 0 Å². The van der Waals surface area contributed by atoms with Gasteiger partial charge >= 0.3 is 14.0 Å². The summed E-state index contributed by atoms with van der Waals surface area (Å²) in [6, 6.07) is 0. The van der Waals surface area contributed by atoms with Gasteiger partial charge in [0.15, 0.2) is 0 Å². The maximum absolute atomic E-state index is 6.39. The van der Waals surface area contributed by atoms with Gasteiger partial charge in [-0.3, -0.25) is 0 Å². The van der Waals surface area contributed by atoms with Gasteiger partial charge in [0.05, 0.1) is 22.4 Å². The number of rotatable bonds is 0. The van der Waals surface area contributed by atoms with E-state index in [-0.39, 0.29) is 22.5 Å². The molecule has 3 aliphatic rings. The van der Waals surface area contributed by atoms with Crippen molar-refractivity contribution >= 4 is 14.0 Å². The molecule has 3 rings (SSSR count). The van der Waals surface area contributed by atoms with Gasteiger partial charge in [-0.1, -0.05) is 20.8 Å². The third kappa shape index (κ3) is 1.63. The lowest BCUT2D eigenvalue weighted by Gasteiger charge is -2.57. The van der Waals surface area contributed by atoms with Gasteiger partial charge in [-0.2, -0.15) is 0 Å². The first-order valence-electron chi connectivity index (χ1n) is 8.00. The summed E-state index contributed by atoms with van der Waals surface area (Å²) in [4.78, 5) is 0. The molecule has 3 fully saturated rings. The zero-order valence-electron chi connectivity index (χ0n) is 14.9. The molecule has 0 aromatic rings. The summed E-state index contributed by atoms with van der Waals surface area (Å²) in [6.07, 6.45) is 0. The van der Waals surface area contributed by atoms with Crippen LogP contribution in [0.4, 0.5) is 0 Å². The van der Waals surface area contributed by atoms with Crippen molar-refractivity contribution in [3.63, 3.8) is 0 Å². The zero-order valence-corrected chi connectivity index (χ0v) is 14.9. The molecule has 0 radical (unpaired) electrons. The molecule has 0 N–H and O–H groups in total. The lowest BCUT2D eigenvalue weighted by Crippen LogP contribution is -2.64. The van der Waals surface area contributed by atoms with Gasteiger partial charge in [-0.25, -0.2) is 0 Å². The predicted molar refractivity (Wildman–Crippen MR) is 83.8 cm³/mol. The van der Waals surface area contributed by atoms with Crippen molar-refractivity contribution in [2.24, 2.45) is 11.3 Å². The molecule has 3 heterocycles. The molecule has 0 spiro atoms. The van der Waals surface area contributed by atoms with Crippen LogP contribution in [0.5, 0.6) is 0 Å². The molecule has 0 amide bonds. The summed E-state index contributed by atoms with van der Waals surface area (Å²) in [5.74, 6) is 0.233. The van der Waals surface area contributed by atoms with E-state index in [2.05, 4.69) is 62.3 Å². The maximum Gasteiger partial charge on any atom is 0.489 e. The topological polar surface area (TPSA) is 36.9 Å². The molecule has 118 valence electrons. The smallest absolute Gasteiger partial charge is 0.405 e. The standard InChI is InChI=1S/C15H28B2O4/c1-10-11(2,3)15(9)13(6,7)19-17(21-15)16-18-12(4,5)14(10,8)20-16/h10H,1-9H3. The van der Waals surface area contributed by atoms with Crippen LogP contribution in [0.15, 0.2) is 0 Å². The molecule has 0 aromatic heterocycles. The van der Waals surface area contributed by atoms with Crippen LogP contribution in [0.3, 0.4) is 0 Å². The molecule has 0 aromatic carbocycles. The highest BCUT2D eigenvalue weighted by Crippen LogP contribution is 2.60. The summed E-state index contributed by atoms with van der Waals surface area (Å²) >= 11 is 0. The normalized spacial score (nSPS) is 46.4. The van der Waals surface area contributed by atoms with E-state index < -0.39 is 25.2 Å². The molecule has 4 nitrogen and oxygen atoms in total.